The molecule has 0 saturated heterocycles. The summed E-state index contributed by atoms with van der Waals surface area (Å²) in [6.45, 7) is 0. The molecule has 72 heavy (non-hydrogen) atoms. The number of aromatic nitrogens is 4. The standard InChI is InChI=1S/C66H40N6/c67-41-43-26-30-45(31-27-43)49-34-36-62-55(38-49)56-39-50(46-32-28-44(42-68)29-33-46)35-37-63(56)72(62)64-25-13-21-53(58-40-57(47-14-3-1-4-15-47)69-66(70-58)48-16-5-2-6-17-48)65(64)54-20-9-12-24-61(54)71-59-22-10-7-18-51(59)52-19-8-11-23-60(52)71/h1-40H. The molecule has 10 aromatic carbocycles. The first-order chi connectivity index (χ1) is 35.6. The number of nitriles is 2. The summed E-state index contributed by atoms with van der Waals surface area (Å²) < 4.78 is 4.82. The fourth-order valence-corrected chi connectivity index (χ4v) is 10.5. The van der Waals surface area contributed by atoms with Gasteiger partial charge < -0.3 is 9.13 Å². The molecule has 0 amide bonds. The fraction of sp³-hybridized carbons (Fsp3) is 0. The van der Waals surface area contributed by atoms with Crippen molar-refractivity contribution in [3.63, 3.8) is 0 Å². The summed E-state index contributed by atoms with van der Waals surface area (Å²) in [6, 6.07) is 88.8. The van der Waals surface area contributed by atoms with Gasteiger partial charge in [0.15, 0.2) is 5.82 Å². The Morgan fingerprint density at radius 2 is 0.750 bits per heavy atom. The predicted molar refractivity (Wildman–Crippen MR) is 293 cm³/mol. The molecule has 0 unspecified atom stereocenters. The maximum Gasteiger partial charge on any atom is 0.160 e. The Labute approximate surface area is 415 Å². The maximum atomic E-state index is 9.63. The molecule has 13 aromatic rings. The van der Waals surface area contributed by atoms with Crippen molar-refractivity contribution in [3.8, 4) is 90.8 Å². The third kappa shape index (κ3) is 7.10. The van der Waals surface area contributed by atoms with Crippen LogP contribution >= 0.6 is 0 Å². The normalized spacial score (nSPS) is 11.3. The Hall–Kier alpha value is -10.1. The van der Waals surface area contributed by atoms with Crippen LogP contribution in [0.4, 0.5) is 0 Å². The number of fused-ring (bicyclic) bond motifs is 6. The maximum absolute atomic E-state index is 9.63. The monoisotopic (exact) mass is 916 g/mol. The number of hydrogen-bond acceptors (Lipinski definition) is 4. The van der Waals surface area contributed by atoms with E-state index in [9.17, 15) is 10.5 Å². The molecule has 6 heteroatoms. The van der Waals surface area contributed by atoms with Crippen LogP contribution in [0.25, 0.3) is 122 Å². The van der Waals surface area contributed by atoms with Gasteiger partial charge in [-0.15, -0.1) is 0 Å². The minimum atomic E-state index is 0.618. The second-order valence-electron chi connectivity index (χ2n) is 18.0. The Morgan fingerprint density at radius 1 is 0.306 bits per heavy atom. The van der Waals surface area contributed by atoms with Crippen LogP contribution in [0, 0.1) is 22.7 Å². The second-order valence-corrected chi connectivity index (χ2v) is 18.0. The summed E-state index contributed by atoms with van der Waals surface area (Å²) in [5, 5.41) is 23.8. The van der Waals surface area contributed by atoms with E-state index in [1.54, 1.807) is 0 Å². The highest BCUT2D eigenvalue weighted by Gasteiger charge is 2.25. The number of rotatable bonds is 8. The quantitative estimate of drug-likeness (QED) is 0.152. The molecule has 3 aromatic heterocycles. The molecule has 3 heterocycles. The first-order valence-electron chi connectivity index (χ1n) is 23.9. The van der Waals surface area contributed by atoms with Crippen LogP contribution in [0.1, 0.15) is 11.1 Å². The lowest BCUT2D eigenvalue weighted by Crippen LogP contribution is -2.04. The zero-order valence-corrected chi connectivity index (χ0v) is 38.8. The molecular weight excluding hydrogens is 877 g/mol. The molecule has 0 bridgehead atoms. The third-order valence-electron chi connectivity index (χ3n) is 13.8. The van der Waals surface area contributed by atoms with Crippen LogP contribution in [0.5, 0.6) is 0 Å². The third-order valence-corrected chi connectivity index (χ3v) is 13.8. The molecule has 0 atom stereocenters. The van der Waals surface area contributed by atoms with Gasteiger partial charge in [-0.2, -0.15) is 10.5 Å². The topological polar surface area (TPSA) is 83.2 Å². The highest BCUT2D eigenvalue weighted by Crippen LogP contribution is 2.46. The molecule has 13 rings (SSSR count). The van der Waals surface area contributed by atoms with Gasteiger partial charge in [0.05, 0.1) is 68.1 Å². The van der Waals surface area contributed by atoms with E-state index in [0.29, 0.717) is 17.0 Å². The van der Waals surface area contributed by atoms with Gasteiger partial charge in [0, 0.05) is 49.4 Å². The molecule has 0 aliphatic heterocycles. The summed E-state index contributed by atoms with van der Waals surface area (Å²) in [5.41, 5.74) is 18.3. The molecule has 0 fully saturated rings. The van der Waals surface area contributed by atoms with E-state index in [1.165, 1.54) is 10.8 Å². The molecule has 0 N–H and O–H groups in total. The van der Waals surface area contributed by atoms with Crippen LogP contribution in [-0.2, 0) is 0 Å². The van der Waals surface area contributed by atoms with Crippen molar-refractivity contribution in [1.82, 2.24) is 19.1 Å². The molecule has 0 saturated carbocycles. The Morgan fingerprint density at radius 3 is 1.33 bits per heavy atom. The van der Waals surface area contributed by atoms with Crippen LogP contribution in [-0.4, -0.2) is 19.1 Å². The van der Waals surface area contributed by atoms with Gasteiger partial charge in [-0.1, -0.05) is 164 Å². The van der Waals surface area contributed by atoms with Crippen molar-refractivity contribution in [2.45, 2.75) is 0 Å². The van der Waals surface area contributed by atoms with Crippen LogP contribution in [0.3, 0.4) is 0 Å². The largest absolute Gasteiger partial charge is 0.309 e. The molecule has 6 nitrogen and oxygen atoms in total. The van der Waals surface area contributed by atoms with Crippen molar-refractivity contribution in [2.24, 2.45) is 0 Å². The van der Waals surface area contributed by atoms with Gasteiger partial charge in [0.1, 0.15) is 0 Å². The van der Waals surface area contributed by atoms with Gasteiger partial charge in [-0.05, 0) is 101 Å². The van der Waals surface area contributed by atoms with Crippen LogP contribution in [0.2, 0.25) is 0 Å². The van der Waals surface area contributed by atoms with Crippen LogP contribution < -0.4 is 0 Å². The molecule has 0 spiro atoms. The fourth-order valence-electron chi connectivity index (χ4n) is 10.5. The van der Waals surface area contributed by atoms with Gasteiger partial charge in [-0.25, -0.2) is 9.97 Å². The summed E-state index contributed by atoms with van der Waals surface area (Å²) in [7, 11) is 0. The van der Waals surface area contributed by atoms with Crippen molar-refractivity contribution in [2.75, 3.05) is 0 Å². The predicted octanol–water partition coefficient (Wildman–Crippen LogP) is 16.4. The highest BCUT2D eigenvalue weighted by atomic mass is 15.0. The first-order valence-corrected chi connectivity index (χ1v) is 23.9. The lowest BCUT2D eigenvalue weighted by atomic mass is 9.93. The van der Waals surface area contributed by atoms with Gasteiger partial charge >= 0.3 is 0 Å². The number of nitrogens with zero attached hydrogens (tertiary/aromatic N) is 6. The average Bonchev–Trinajstić information content (AvgIpc) is 3.97. The van der Waals surface area contributed by atoms with E-state index in [4.69, 9.17) is 9.97 Å². The minimum Gasteiger partial charge on any atom is -0.309 e. The van der Waals surface area contributed by atoms with E-state index in [1.807, 2.05) is 72.8 Å². The van der Waals surface area contributed by atoms with Crippen molar-refractivity contribution < 1.29 is 0 Å². The number of benzene rings is 10. The first kappa shape index (κ1) is 42.0. The van der Waals surface area contributed by atoms with E-state index in [0.717, 1.165) is 106 Å². The van der Waals surface area contributed by atoms with Gasteiger partial charge in [-0.3, -0.25) is 0 Å². The second kappa shape index (κ2) is 17.4. The number of para-hydroxylation sites is 3. The smallest absolute Gasteiger partial charge is 0.160 e. The summed E-state index contributed by atoms with van der Waals surface area (Å²) >= 11 is 0. The SMILES string of the molecule is N#Cc1ccc(-c2ccc3c(c2)c2cc(-c4ccc(C#N)cc4)ccc2n3-c2cccc(-c3cc(-c4ccccc4)nc(-c4ccccc4)n3)c2-c2ccccc2-n2c3ccccc3c3ccccc32)cc1. The van der Waals surface area contributed by atoms with Gasteiger partial charge in [0.2, 0.25) is 0 Å². The summed E-state index contributed by atoms with van der Waals surface area (Å²) in [4.78, 5) is 10.7. The molecular formula is C66H40N6. The average molecular weight is 917 g/mol. The molecule has 0 radical (unpaired) electrons. The van der Waals surface area contributed by atoms with E-state index >= 15 is 0 Å². The van der Waals surface area contributed by atoms with E-state index < -0.39 is 0 Å². The van der Waals surface area contributed by atoms with Crippen LogP contribution in [0.15, 0.2) is 243 Å². The van der Waals surface area contributed by atoms with Crippen molar-refractivity contribution in [3.05, 3.63) is 254 Å². The van der Waals surface area contributed by atoms with E-state index in [2.05, 4.69) is 191 Å². The van der Waals surface area contributed by atoms with Crippen molar-refractivity contribution >= 4 is 43.6 Å². The van der Waals surface area contributed by atoms with E-state index in [-0.39, 0.29) is 0 Å². The Bertz CT molecular complexity index is 4100. The molecule has 0 aliphatic rings. The Balaban J connectivity index is 1.14. The van der Waals surface area contributed by atoms with Gasteiger partial charge in [0.25, 0.3) is 0 Å². The number of hydrogen-bond donors (Lipinski definition) is 0. The summed E-state index contributed by atoms with van der Waals surface area (Å²) in [5.74, 6) is 0.640. The summed E-state index contributed by atoms with van der Waals surface area (Å²) in [6.07, 6.45) is 0. The Kier molecular flexibility index (Phi) is 10.2. The molecule has 334 valence electrons. The zero-order valence-electron chi connectivity index (χ0n) is 38.8. The zero-order chi connectivity index (χ0) is 48.1. The molecule has 0 aliphatic carbocycles. The lowest BCUT2D eigenvalue weighted by Gasteiger charge is -2.22. The minimum absolute atomic E-state index is 0.618. The lowest BCUT2D eigenvalue weighted by molar-refractivity contribution is 1.15. The van der Waals surface area contributed by atoms with Crippen molar-refractivity contribution in [1.29, 1.82) is 10.5 Å². The highest BCUT2D eigenvalue weighted by molar-refractivity contribution is 6.13.